The second-order valence-corrected chi connectivity index (χ2v) is 10.1. The van der Waals surface area contributed by atoms with E-state index in [4.69, 9.17) is 21.1 Å². The van der Waals surface area contributed by atoms with Gasteiger partial charge in [0.1, 0.15) is 17.2 Å². The highest BCUT2D eigenvalue weighted by Gasteiger charge is 2.36. The summed E-state index contributed by atoms with van der Waals surface area (Å²) in [5.41, 5.74) is 0.576. The van der Waals surface area contributed by atoms with Crippen LogP contribution in [0.15, 0.2) is 101 Å². The predicted octanol–water partition coefficient (Wildman–Crippen LogP) is 7.72. The minimum absolute atomic E-state index is 0.0281. The standard InChI is InChI=1S/C28H23ClO3S/c1-2-18-31-24-17-16-23(29)26-27(30)22-10-6-7-11-25(22)33(28(24)26)21-14-12-20(13-15-21)32-19-8-4-3-5-9-19/h3-17,22H,2,18H2,1H3. The molecular formula is C28H23ClO3S. The molecule has 166 valence electrons. The lowest BCUT2D eigenvalue weighted by Gasteiger charge is -2.31. The minimum Gasteiger partial charge on any atom is -0.492 e. The molecule has 5 rings (SSSR count). The van der Waals surface area contributed by atoms with Crippen molar-refractivity contribution >= 4 is 32.7 Å². The highest BCUT2D eigenvalue weighted by molar-refractivity contribution is 8.16. The van der Waals surface area contributed by atoms with Crippen molar-refractivity contribution in [3.63, 3.8) is 0 Å². The molecule has 33 heavy (non-hydrogen) atoms. The number of hydrogen-bond acceptors (Lipinski definition) is 3. The molecule has 2 atom stereocenters. The zero-order valence-electron chi connectivity index (χ0n) is 18.2. The zero-order chi connectivity index (χ0) is 22.8. The van der Waals surface area contributed by atoms with Crippen LogP contribution in [-0.2, 0) is 0 Å². The number of fused-ring (bicyclic) bond motifs is 2. The number of Topliss-reactive ketones (excluding diaryl/α,β-unsaturated/α-hetero) is 1. The van der Waals surface area contributed by atoms with Gasteiger partial charge in [0.25, 0.3) is 0 Å². The summed E-state index contributed by atoms with van der Waals surface area (Å²) in [6.07, 6.45) is 8.83. The van der Waals surface area contributed by atoms with Crippen molar-refractivity contribution in [2.45, 2.75) is 23.1 Å². The van der Waals surface area contributed by atoms with E-state index in [9.17, 15) is 4.79 Å². The van der Waals surface area contributed by atoms with E-state index in [2.05, 4.69) is 25.1 Å². The van der Waals surface area contributed by atoms with Gasteiger partial charge in [-0.1, -0.05) is 61.0 Å². The maximum atomic E-state index is 13.5. The SMILES string of the molecule is CCCOc1ccc(Cl)c2c1S(c1ccc(Oc3ccccc3)cc1)=C1C=CC=CC1C2=O. The first-order valence-electron chi connectivity index (χ1n) is 11.0. The Morgan fingerprint density at radius 1 is 0.939 bits per heavy atom. The molecule has 0 radical (unpaired) electrons. The van der Waals surface area contributed by atoms with E-state index in [1.807, 2.05) is 66.8 Å². The molecule has 5 heteroatoms. The Morgan fingerprint density at radius 2 is 1.70 bits per heavy atom. The van der Waals surface area contributed by atoms with Crippen molar-refractivity contribution in [3.05, 3.63) is 102 Å². The molecule has 3 aromatic rings. The molecule has 0 saturated heterocycles. The van der Waals surface area contributed by atoms with Crippen molar-refractivity contribution < 1.29 is 14.3 Å². The molecular weight excluding hydrogens is 452 g/mol. The topological polar surface area (TPSA) is 35.5 Å². The van der Waals surface area contributed by atoms with Gasteiger partial charge in [0.05, 0.1) is 28.0 Å². The monoisotopic (exact) mass is 474 g/mol. The van der Waals surface area contributed by atoms with Crippen molar-refractivity contribution in [3.8, 4) is 17.2 Å². The number of para-hydroxylation sites is 1. The van der Waals surface area contributed by atoms with Crippen molar-refractivity contribution in [1.82, 2.24) is 0 Å². The largest absolute Gasteiger partial charge is 0.492 e. The van der Waals surface area contributed by atoms with Crippen LogP contribution in [0.5, 0.6) is 17.2 Å². The summed E-state index contributed by atoms with van der Waals surface area (Å²) in [6.45, 7) is 2.65. The number of rotatable bonds is 6. The lowest BCUT2D eigenvalue weighted by Crippen LogP contribution is -2.27. The molecule has 0 saturated carbocycles. The Morgan fingerprint density at radius 3 is 2.45 bits per heavy atom. The van der Waals surface area contributed by atoms with E-state index < -0.39 is 10.5 Å². The van der Waals surface area contributed by atoms with Gasteiger partial charge in [-0.05, 0) is 59.8 Å². The molecule has 0 spiro atoms. The van der Waals surface area contributed by atoms with E-state index in [1.54, 1.807) is 6.07 Å². The first-order valence-corrected chi connectivity index (χ1v) is 12.6. The van der Waals surface area contributed by atoms with Gasteiger partial charge >= 0.3 is 0 Å². The Bertz CT molecular complexity index is 1290. The number of carbonyl (C=O) groups is 1. The molecule has 2 unspecified atom stereocenters. The van der Waals surface area contributed by atoms with Crippen LogP contribution in [0.2, 0.25) is 5.02 Å². The molecule has 3 aromatic carbocycles. The van der Waals surface area contributed by atoms with E-state index in [0.717, 1.165) is 38.3 Å². The van der Waals surface area contributed by atoms with Crippen LogP contribution in [0.3, 0.4) is 0 Å². The molecule has 0 bridgehead atoms. The van der Waals surface area contributed by atoms with E-state index in [-0.39, 0.29) is 11.7 Å². The molecule has 0 amide bonds. The molecule has 1 heterocycles. The second-order valence-electron chi connectivity index (χ2n) is 7.78. The van der Waals surface area contributed by atoms with Gasteiger partial charge in [-0.15, -0.1) is 10.5 Å². The van der Waals surface area contributed by atoms with Crippen LogP contribution in [0.4, 0.5) is 0 Å². The zero-order valence-corrected chi connectivity index (χ0v) is 19.7. The Labute approximate surface area is 201 Å². The molecule has 1 aliphatic heterocycles. The van der Waals surface area contributed by atoms with Crippen molar-refractivity contribution in [2.75, 3.05) is 6.61 Å². The molecule has 3 nitrogen and oxygen atoms in total. The fourth-order valence-electron chi connectivity index (χ4n) is 4.03. The Kier molecular flexibility index (Phi) is 6.21. The van der Waals surface area contributed by atoms with Crippen LogP contribution in [-0.4, -0.2) is 17.3 Å². The number of ether oxygens (including phenoxy) is 2. The van der Waals surface area contributed by atoms with Gasteiger partial charge in [0.2, 0.25) is 0 Å². The fraction of sp³-hybridized carbons (Fsp3) is 0.143. The first kappa shape index (κ1) is 21.7. The van der Waals surface area contributed by atoms with Gasteiger partial charge in [-0.25, -0.2) is 0 Å². The molecule has 0 aromatic heterocycles. The van der Waals surface area contributed by atoms with Crippen LogP contribution in [0.25, 0.3) is 0 Å². The molecule has 1 aliphatic carbocycles. The highest BCUT2D eigenvalue weighted by Crippen LogP contribution is 2.52. The highest BCUT2D eigenvalue weighted by atomic mass is 35.5. The van der Waals surface area contributed by atoms with E-state index in [1.165, 1.54) is 0 Å². The van der Waals surface area contributed by atoms with E-state index in [0.29, 0.717) is 17.2 Å². The molecule has 0 fully saturated rings. The summed E-state index contributed by atoms with van der Waals surface area (Å²) >= 11 is 6.60. The van der Waals surface area contributed by atoms with Crippen LogP contribution in [0, 0.1) is 5.92 Å². The lowest BCUT2D eigenvalue weighted by molar-refractivity contribution is 0.0968. The molecule has 2 aliphatic rings. The normalized spacial score (nSPS) is 18.6. The van der Waals surface area contributed by atoms with Gasteiger partial charge in [0, 0.05) is 4.90 Å². The van der Waals surface area contributed by atoms with Gasteiger partial charge < -0.3 is 9.47 Å². The third-order valence-electron chi connectivity index (χ3n) is 5.52. The van der Waals surface area contributed by atoms with Gasteiger partial charge in [-0.3, -0.25) is 4.79 Å². The van der Waals surface area contributed by atoms with Crippen LogP contribution in [0.1, 0.15) is 23.7 Å². The summed E-state index contributed by atoms with van der Waals surface area (Å²) in [5, 5.41) is 0.474. The number of halogens is 1. The van der Waals surface area contributed by atoms with Crippen LogP contribution < -0.4 is 9.47 Å². The number of carbonyl (C=O) groups excluding carboxylic acids is 1. The average Bonchev–Trinajstić information content (AvgIpc) is 2.85. The number of ketones is 1. The minimum atomic E-state index is -0.507. The van der Waals surface area contributed by atoms with E-state index >= 15 is 0 Å². The lowest BCUT2D eigenvalue weighted by atomic mass is 9.91. The Hall–Kier alpha value is -3.08. The maximum Gasteiger partial charge on any atom is 0.177 e. The second kappa shape index (κ2) is 9.42. The third-order valence-corrected chi connectivity index (χ3v) is 8.25. The maximum absolute atomic E-state index is 13.5. The number of hydrogen-bond donors (Lipinski definition) is 0. The molecule has 0 N–H and O–H groups in total. The number of allylic oxidation sites excluding steroid dienone is 4. The summed E-state index contributed by atoms with van der Waals surface area (Å²) < 4.78 is 12.1. The smallest absolute Gasteiger partial charge is 0.177 e. The fourth-order valence-corrected chi connectivity index (χ4v) is 6.88. The summed E-state index contributed by atoms with van der Waals surface area (Å²) in [7, 11) is -0.507. The summed E-state index contributed by atoms with van der Waals surface area (Å²) in [6, 6.07) is 21.5. The predicted molar refractivity (Wildman–Crippen MR) is 135 cm³/mol. The summed E-state index contributed by atoms with van der Waals surface area (Å²) in [4.78, 5) is 16.5. The number of benzene rings is 3. The first-order chi connectivity index (χ1) is 16.2. The van der Waals surface area contributed by atoms with Gasteiger partial charge in [-0.2, -0.15) is 0 Å². The quantitative estimate of drug-likeness (QED) is 0.343. The third kappa shape index (κ3) is 4.17. The Balaban J connectivity index is 1.64. The van der Waals surface area contributed by atoms with Crippen molar-refractivity contribution in [1.29, 1.82) is 0 Å². The van der Waals surface area contributed by atoms with Crippen LogP contribution >= 0.6 is 22.1 Å². The average molecular weight is 475 g/mol. The van der Waals surface area contributed by atoms with Crippen molar-refractivity contribution in [2.24, 2.45) is 5.92 Å². The summed E-state index contributed by atoms with van der Waals surface area (Å²) in [5.74, 6) is 1.99. The van der Waals surface area contributed by atoms with Gasteiger partial charge in [0.15, 0.2) is 5.78 Å².